The number of hydrogen-bond donors (Lipinski definition) is 1. The van der Waals surface area contributed by atoms with Crippen LogP contribution in [0.4, 0.5) is 13.2 Å². The third kappa shape index (κ3) is 3.50. The second kappa shape index (κ2) is 5.83. The number of likely N-dealkylation sites (tertiary alicyclic amines) is 1. The molecule has 110 valence electrons. The van der Waals surface area contributed by atoms with Crippen molar-refractivity contribution in [2.75, 3.05) is 13.1 Å². The summed E-state index contributed by atoms with van der Waals surface area (Å²) in [5.41, 5.74) is 5.37. The lowest BCUT2D eigenvalue weighted by Crippen LogP contribution is -2.39. The Morgan fingerprint density at radius 1 is 1.25 bits per heavy atom. The van der Waals surface area contributed by atoms with Crippen LogP contribution in [0.3, 0.4) is 0 Å². The normalized spacial score (nSPS) is 20.9. The number of benzene rings is 1. The van der Waals surface area contributed by atoms with Crippen LogP contribution in [-0.4, -0.2) is 23.9 Å². The first kappa shape index (κ1) is 14.8. The van der Waals surface area contributed by atoms with Crippen LogP contribution in [0, 0.1) is 0 Å². The number of rotatable bonds is 3. The van der Waals surface area contributed by atoms with Crippen molar-refractivity contribution < 1.29 is 18.0 Å². The fraction of sp³-hybridized carbons (Fsp3) is 0.500. The number of hydrogen-bond acceptors (Lipinski definition) is 2. The lowest BCUT2D eigenvalue weighted by molar-refractivity contribution is -0.137. The van der Waals surface area contributed by atoms with Gasteiger partial charge in [-0.25, -0.2) is 0 Å². The van der Waals surface area contributed by atoms with Gasteiger partial charge in [-0.15, -0.1) is 0 Å². The summed E-state index contributed by atoms with van der Waals surface area (Å²) in [6.07, 6.45) is -1.51. The summed E-state index contributed by atoms with van der Waals surface area (Å²) in [5.74, 6) is -0.413. The van der Waals surface area contributed by atoms with Crippen molar-refractivity contribution in [2.24, 2.45) is 5.73 Å². The van der Waals surface area contributed by atoms with Crippen molar-refractivity contribution >= 4 is 5.91 Å². The van der Waals surface area contributed by atoms with E-state index in [1.165, 1.54) is 12.1 Å². The van der Waals surface area contributed by atoms with E-state index in [1.54, 1.807) is 0 Å². The zero-order chi connectivity index (χ0) is 14.8. The molecule has 1 amide bonds. The van der Waals surface area contributed by atoms with Crippen molar-refractivity contribution in [3.8, 4) is 0 Å². The summed E-state index contributed by atoms with van der Waals surface area (Å²) in [6.45, 7) is 0.889. The van der Waals surface area contributed by atoms with Gasteiger partial charge in [0.05, 0.1) is 12.1 Å². The summed E-state index contributed by atoms with van der Waals surface area (Å²) in [6, 6.07) is 5.14. The SMILES string of the molecule is NC(=O)CN1CCCC[C@H]1c1ccc(C(F)(F)F)cc1. The summed E-state index contributed by atoms with van der Waals surface area (Å²) in [5, 5.41) is 0. The second-order valence-corrected chi connectivity index (χ2v) is 5.07. The summed E-state index contributed by atoms with van der Waals surface area (Å²) < 4.78 is 37.6. The maximum Gasteiger partial charge on any atom is 0.416 e. The first-order valence-electron chi connectivity index (χ1n) is 6.57. The number of piperidine rings is 1. The van der Waals surface area contributed by atoms with Gasteiger partial charge in [-0.2, -0.15) is 13.2 Å². The smallest absolute Gasteiger partial charge is 0.369 e. The molecule has 0 radical (unpaired) electrons. The van der Waals surface area contributed by atoms with Gasteiger partial charge in [0.15, 0.2) is 0 Å². The van der Waals surface area contributed by atoms with Gasteiger partial charge in [0, 0.05) is 6.04 Å². The second-order valence-electron chi connectivity index (χ2n) is 5.07. The Bertz CT molecular complexity index is 470. The molecule has 1 saturated heterocycles. The van der Waals surface area contributed by atoms with Crippen molar-refractivity contribution in [1.29, 1.82) is 0 Å². The van der Waals surface area contributed by atoms with Crippen LogP contribution in [-0.2, 0) is 11.0 Å². The van der Waals surface area contributed by atoms with Crippen LogP contribution < -0.4 is 5.73 Å². The van der Waals surface area contributed by atoms with Crippen LogP contribution in [0.1, 0.15) is 36.4 Å². The maximum absolute atomic E-state index is 12.5. The quantitative estimate of drug-likeness (QED) is 0.928. The Labute approximate surface area is 115 Å². The van der Waals surface area contributed by atoms with Gasteiger partial charge >= 0.3 is 6.18 Å². The summed E-state index contributed by atoms with van der Waals surface area (Å²) in [7, 11) is 0. The fourth-order valence-corrected chi connectivity index (χ4v) is 2.65. The van der Waals surface area contributed by atoms with Gasteiger partial charge < -0.3 is 5.73 Å². The van der Waals surface area contributed by atoms with E-state index in [-0.39, 0.29) is 12.6 Å². The molecule has 1 aromatic rings. The van der Waals surface area contributed by atoms with Crippen LogP contribution in [0.15, 0.2) is 24.3 Å². The Morgan fingerprint density at radius 3 is 2.45 bits per heavy atom. The van der Waals surface area contributed by atoms with E-state index in [0.717, 1.165) is 43.5 Å². The van der Waals surface area contributed by atoms with Crippen molar-refractivity contribution in [1.82, 2.24) is 4.90 Å². The van der Waals surface area contributed by atoms with Gasteiger partial charge in [-0.1, -0.05) is 18.6 Å². The molecule has 1 atom stereocenters. The minimum absolute atomic E-state index is 0.0291. The monoisotopic (exact) mass is 286 g/mol. The molecule has 0 aromatic heterocycles. The fourth-order valence-electron chi connectivity index (χ4n) is 2.65. The lowest BCUT2D eigenvalue weighted by Gasteiger charge is -2.35. The number of alkyl halides is 3. The third-order valence-corrected chi connectivity index (χ3v) is 3.60. The Hall–Kier alpha value is -1.56. The predicted octanol–water partition coefficient (Wildman–Crippen LogP) is 2.72. The molecule has 1 fully saturated rings. The zero-order valence-electron chi connectivity index (χ0n) is 11.0. The van der Waals surface area contributed by atoms with E-state index < -0.39 is 17.6 Å². The molecule has 0 saturated carbocycles. The van der Waals surface area contributed by atoms with Crippen LogP contribution in [0.25, 0.3) is 0 Å². The molecule has 2 rings (SSSR count). The summed E-state index contributed by atoms with van der Waals surface area (Å²) in [4.78, 5) is 13.0. The number of halogens is 3. The highest BCUT2D eigenvalue weighted by atomic mass is 19.4. The molecule has 0 bridgehead atoms. The highest BCUT2D eigenvalue weighted by molar-refractivity contribution is 5.76. The third-order valence-electron chi connectivity index (χ3n) is 3.60. The van der Waals surface area contributed by atoms with E-state index >= 15 is 0 Å². The Balaban J connectivity index is 2.17. The number of nitrogens with zero attached hydrogens (tertiary/aromatic N) is 1. The molecular weight excluding hydrogens is 269 g/mol. The van der Waals surface area contributed by atoms with Crippen LogP contribution in [0.5, 0.6) is 0 Å². The van der Waals surface area contributed by atoms with E-state index in [4.69, 9.17) is 5.73 Å². The minimum Gasteiger partial charge on any atom is -0.369 e. The van der Waals surface area contributed by atoms with Gasteiger partial charge in [-0.05, 0) is 37.1 Å². The number of carbonyl (C=O) groups is 1. The average Bonchev–Trinajstić information content (AvgIpc) is 2.38. The maximum atomic E-state index is 12.5. The highest BCUT2D eigenvalue weighted by Gasteiger charge is 2.31. The van der Waals surface area contributed by atoms with Gasteiger partial charge in [0.2, 0.25) is 5.91 Å². The molecule has 1 aliphatic heterocycles. The Morgan fingerprint density at radius 2 is 1.90 bits per heavy atom. The van der Waals surface area contributed by atoms with Gasteiger partial charge in [0.1, 0.15) is 0 Å². The van der Waals surface area contributed by atoms with Crippen molar-refractivity contribution in [3.05, 3.63) is 35.4 Å². The molecule has 20 heavy (non-hydrogen) atoms. The minimum atomic E-state index is -4.32. The topological polar surface area (TPSA) is 46.3 Å². The van der Waals surface area contributed by atoms with Gasteiger partial charge in [-0.3, -0.25) is 9.69 Å². The molecular formula is C14H17F3N2O. The highest BCUT2D eigenvalue weighted by Crippen LogP contribution is 2.33. The van der Waals surface area contributed by atoms with E-state index in [9.17, 15) is 18.0 Å². The van der Waals surface area contributed by atoms with Crippen molar-refractivity contribution in [3.63, 3.8) is 0 Å². The standard InChI is InChI=1S/C14H17F3N2O/c15-14(16,17)11-6-4-10(5-7-11)12-3-1-2-8-19(12)9-13(18)20/h4-7,12H,1-3,8-9H2,(H2,18,20)/t12-/m0/s1. The van der Waals surface area contributed by atoms with E-state index in [2.05, 4.69) is 0 Å². The van der Waals surface area contributed by atoms with E-state index in [0.29, 0.717) is 0 Å². The van der Waals surface area contributed by atoms with Crippen molar-refractivity contribution in [2.45, 2.75) is 31.5 Å². The number of amides is 1. The first-order valence-corrected chi connectivity index (χ1v) is 6.57. The number of nitrogens with two attached hydrogens (primary N) is 1. The summed E-state index contributed by atoms with van der Waals surface area (Å²) >= 11 is 0. The lowest BCUT2D eigenvalue weighted by atomic mass is 9.94. The first-order chi connectivity index (χ1) is 9.38. The van der Waals surface area contributed by atoms with E-state index in [1.807, 2.05) is 4.90 Å². The van der Waals surface area contributed by atoms with Gasteiger partial charge in [0.25, 0.3) is 0 Å². The Kier molecular flexibility index (Phi) is 4.32. The van der Waals surface area contributed by atoms with Crippen LogP contribution >= 0.6 is 0 Å². The molecule has 3 nitrogen and oxygen atoms in total. The average molecular weight is 286 g/mol. The molecule has 0 unspecified atom stereocenters. The molecule has 1 heterocycles. The number of primary amides is 1. The molecule has 1 aliphatic rings. The molecule has 1 aromatic carbocycles. The number of carbonyl (C=O) groups excluding carboxylic acids is 1. The molecule has 0 aliphatic carbocycles. The molecule has 0 spiro atoms. The molecule has 2 N–H and O–H groups in total. The largest absolute Gasteiger partial charge is 0.416 e. The molecule has 6 heteroatoms. The van der Waals surface area contributed by atoms with Crippen LogP contribution in [0.2, 0.25) is 0 Å². The predicted molar refractivity (Wildman–Crippen MR) is 68.8 cm³/mol. The zero-order valence-corrected chi connectivity index (χ0v) is 11.0.